The van der Waals surface area contributed by atoms with Crippen LogP contribution in [-0.2, 0) is 15.0 Å². The molecule has 0 aliphatic carbocycles. The van der Waals surface area contributed by atoms with E-state index in [4.69, 9.17) is 14.5 Å². The molecule has 1 fully saturated rings. The number of anilines is 1. The lowest BCUT2D eigenvalue weighted by Gasteiger charge is -2.48. The molecule has 1 saturated heterocycles. The minimum absolute atomic E-state index is 0.248. The standard InChI is InChI=1S/C25H37N7O3Si/c1-24(2,3)35-23(33)30-15-25(16-30,8-9-26)32-14-19(13-29-32)21-20-7-10-27-22(20)31(17-28-21)18-34-11-12-36(4,5)6/h7,10,13-14,27H,8,11-12,15-18H2,1-6H3. The predicted molar refractivity (Wildman–Crippen MR) is 141 cm³/mol. The van der Waals surface area contributed by atoms with Crippen LogP contribution in [0.4, 0.5) is 10.6 Å². The number of aromatic nitrogens is 3. The van der Waals surface area contributed by atoms with Crippen molar-refractivity contribution in [1.29, 1.82) is 5.26 Å². The zero-order valence-electron chi connectivity index (χ0n) is 22.2. The Morgan fingerprint density at radius 1 is 1.31 bits per heavy atom. The van der Waals surface area contributed by atoms with Gasteiger partial charge in [-0.1, -0.05) is 19.6 Å². The molecule has 2 aromatic rings. The van der Waals surface area contributed by atoms with Crippen LogP contribution in [0.3, 0.4) is 0 Å². The molecule has 2 aromatic heterocycles. The van der Waals surface area contributed by atoms with Gasteiger partial charge in [-0.2, -0.15) is 10.4 Å². The molecular weight excluding hydrogens is 474 g/mol. The number of likely N-dealkylation sites (tertiary alicyclic amines) is 1. The fraction of sp³-hybridized carbons (Fsp3) is 0.600. The summed E-state index contributed by atoms with van der Waals surface area (Å²) in [6.45, 7) is 15.0. The number of ether oxygens (including phenoxy) is 2. The second kappa shape index (κ2) is 9.75. The van der Waals surface area contributed by atoms with Crippen LogP contribution in [0.1, 0.15) is 38.3 Å². The van der Waals surface area contributed by atoms with E-state index in [1.54, 1.807) is 11.1 Å². The van der Waals surface area contributed by atoms with Gasteiger partial charge in [-0.25, -0.2) is 4.79 Å². The first-order valence-corrected chi connectivity index (χ1v) is 16.1. The first-order valence-electron chi connectivity index (χ1n) is 12.4. The highest BCUT2D eigenvalue weighted by atomic mass is 28.3. The summed E-state index contributed by atoms with van der Waals surface area (Å²) in [6.07, 6.45) is 5.50. The van der Waals surface area contributed by atoms with Crippen molar-refractivity contribution < 1.29 is 14.3 Å². The predicted octanol–water partition coefficient (Wildman–Crippen LogP) is 4.00. The molecule has 11 heteroatoms. The molecule has 2 aliphatic rings. The van der Waals surface area contributed by atoms with Crippen LogP contribution in [0.15, 0.2) is 29.6 Å². The van der Waals surface area contributed by atoms with Gasteiger partial charge in [-0.3, -0.25) is 9.67 Å². The van der Waals surface area contributed by atoms with E-state index >= 15 is 0 Å². The smallest absolute Gasteiger partial charge is 0.410 e. The molecular formula is C25H37N7O3Si. The summed E-state index contributed by atoms with van der Waals surface area (Å²) in [4.78, 5) is 24.3. The maximum absolute atomic E-state index is 12.5. The van der Waals surface area contributed by atoms with Gasteiger partial charge in [0, 0.05) is 38.2 Å². The van der Waals surface area contributed by atoms with E-state index in [9.17, 15) is 10.1 Å². The number of nitriles is 1. The molecule has 1 amide bonds. The van der Waals surface area contributed by atoms with Crippen LogP contribution in [0.25, 0.3) is 0 Å². The molecule has 0 aromatic carbocycles. The number of fused-ring (bicyclic) bond motifs is 1. The molecule has 4 heterocycles. The summed E-state index contributed by atoms with van der Waals surface area (Å²) in [7, 11) is -1.13. The number of hydrogen-bond donors (Lipinski definition) is 1. The fourth-order valence-electron chi connectivity index (χ4n) is 4.34. The van der Waals surface area contributed by atoms with Crippen LogP contribution in [0.5, 0.6) is 0 Å². The molecule has 0 spiro atoms. The van der Waals surface area contributed by atoms with E-state index in [-0.39, 0.29) is 12.5 Å². The lowest BCUT2D eigenvalue weighted by atomic mass is 9.87. The van der Waals surface area contributed by atoms with Gasteiger partial charge >= 0.3 is 6.09 Å². The quantitative estimate of drug-likeness (QED) is 0.424. The molecule has 36 heavy (non-hydrogen) atoms. The molecule has 10 nitrogen and oxygen atoms in total. The van der Waals surface area contributed by atoms with Gasteiger partial charge in [0.05, 0.1) is 37.5 Å². The Kier molecular flexibility index (Phi) is 7.03. The Morgan fingerprint density at radius 3 is 2.72 bits per heavy atom. The number of amides is 1. The number of nitrogens with zero attached hydrogens (tertiary/aromatic N) is 6. The van der Waals surface area contributed by atoms with Gasteiger partial charge in [0.15, 0.2) is 0 Å². The topological polar surface area (TPSA) is 112 Å². The van der Waals surface area contributed by atoms with Crippen molar-refractivity contribution in [1.82, 2.24) is 19.7 Å². The molecule has 0 unspecified atom stereocenters. The van der Waals surface area contributed by atoms with Crippen molar-refractivity contribution in [2.24, 2.45) is 4.99 Å². The summed E-state index contributed by atoms with van der Waals surface area (Å²) in [5.74, 6) is 0.979. The lowest BCUT2D eigenvalue weighted by Crippen LogP contribution is -2.64. The first-order chi connectivity index (χ1) is 16.9. The number of H-pyrrole nitrogens is 1. The molecule has 4 rings (SSSR count). The number of rotatable bonds is 8. The number of nitrogens with one attached hydrogen (secondary N) is 1. The van der Waals surface area contributed by atoms with Gasteiger partial charge in [-0.05, 0) is 32.9 Å². The van der Waals surface area contributed by atoms with Gasteiger partial charge in [0.25, 0.3) is 0 Å². The summed E-state index contributed by atoms with van der Waals surface area (Å²) in [6, 6.07) is 5.40. The van der Waals surface area contributed by atoms with Crippen molar-refractivity contribution in [3.63, 3.8) is 0 Å². The zero-order chi connectivity index (χ0) is 26.1. The third-order valence-corrected chi connectivity index (χ3v) is 8.02. The Hall–Kier alpha value is -3.10. The van der Waals surface area contributed by atoms with Crippen LogP contribution < -0.4 is 4.90 Å². The van der Waals surface area contributed by atoms with Gasteiger partial charge in [0.2, 0.25) is 0 Å². The highest BCUT2D eigenvalue weighted by Gasteiger charge is 2.49. The van der Waals surface area contributed by atoms with Gasteiger partial charge in [-0.15, -0.1) is 0 Å². The number of hydrogen-bond acceptors (Lipinski definition) is 7. The van der Waals surface area contributed by atoms with Crippen molar-refractivity contribution in [2.45, 2.75) is 64.0 Å². The number of carbonyl (C=O) groups excluding carboxylic acids is 1. The zero-order valence-corrected chi connectivity index (χ0v) is 23.2. The van der Waals surface area contributed by atoms with Gasteiger partial charge in [0.1, 0.15) is 30.4 Å². The van der Waals surface area contributed by atoms with Crippen molar-refractivity contribution in [3.8, 4) is 6.07 Å². The number of aromatic amines is 1. The number of carbonyl (C=O) groups is 1. The van der Waals surface area contributed by atoms with E-state index in [0.717, 1.165) is 35.3 Å². The molecule has 0 bridgehead atoms. The molecule has 194 valence electrons. The summed E-state index contributed by atoms with van der Waals surface area (Å²) in [5.41, 5.74) is 1.59. The van der Waals surface area contributed by atoms with Gasteiger partial charge < -0.3 is 24.3 Å². The van der Waals surface area contributed by atoms with E-state index in [0.29, 0.717) is 26.5 Å². The summed E-state index contributed by atoms with van der Waals surface area (Å²) in [5, 5.41) is 14.1. The largest absolute Gasteiger partial charge is 0.444 e. The van der Waals surface area contributed by atoms with Crippen LogP contribution >= 0.6 is 0 Å². The second-order valence-electron chi connectivity index (χ2n) is 11.8. The van der Waals surface area contributed by atoms with Crippen molar-refractivity contribution in [3.05, 3.63) is 35.8 Å². The van der Waals surface area contributed by atoms with Crippen molar-refractivity contribution in [2.75, 3.05) is 38.0 Å². The SMILES string of the molecule is CC(C)(C)OC(=O)N1CC(CC#N)(n2cc(C3=NCN(COCC[Si](C)(C)C)c4[nH]ccc43)cn2)C1. The Bertz CT molecular complexity index is 1160. The Balaban J connectivity index is 1.45. The highest BCUT2D eigenvalue weighted by molar-refractivity contribution is 6.76. The highest BCUT2D eigenvalue weighted by Crippen LogP contribution is 2.34. The van der Waals surface area contributed by atoms with E-state index in [1.807, 2.05) is 43.9 Å². The molecule has 0 saturated carbocycles. The minimum Gasteiger partial charge on any atom is -0.444 e. The summed E-state index contributed by atoms with van der Waals surface area (Å²) >= 11 is 0. The molecule has 0 radical (unpaired) electrons. The van der Waals surface area contributed by atoms with E-state index < -0.39 is 19.2 Å². The average Bonchev–Trinajstić information content (AvgIpc) is 3.42. The van der Waals surface area contributed by atoms with Crippen LogP contribution in [0.2, 0.25) is 25.7 Å². The Morgan fingerprint density at radius 2 is 2.06 bits per heavy atom. The second-order valence-corrected chi connectivity index (χ2v) is 17.5. The third kappa shape index (κ3) is 5.65. The van der Waals surface area contributed by atoms with Crippen molar-refractivity contribution >= 4 is 25.7 Å². The first kappa shape index (κ1) is 26.0. The molecule has 0 atom stereocenters. The maximum Gasteiger partial charge on any atom is 0.410 e. The minimum atomic E-state index is -1.13. The molecule has 2 aliphatic heterocycles. The van der Waals surface area contributed by atoms with Crippen LogP contribution in [0, 0.1) is 11.3 Å². The molecule has 1 N–H and O–H groups in total. The average molecular weight is 512 g/mol. The van der Waals surface area contributed by atoms with E-state index in [2.05, 4.69) is 40.7 Å². The lowest BCUT2D eigenvalue weighted by molar-refractivity contribution is -0.0314. The third-order valence-electron chi connectivity index (χ3n) is 6.31. The maximum atomic E-state index is 12.5. The normalized spacial score (nSPS) is 17.2. The fourth-order valence-corrected chi connectivity index (χ4v) is 5.10. The van der Waals surface area contributed by atoms with Crippen LogP contribution in [-0.4, -0.2) is 78.2 Å². The monoisotopic (exact) mass is 511 g/mol. The Labute approximate surface area is 213 Å². The van der Waals surface area contributed by atoms with E-state index in [1.165, 1.54) is 0 Å². The summed E-state index contributed by atoms with van der Waals surface area (Å²) < 4.78 is 13.2. The number of aliphatic imine (C=N–C) groups is 1.